The number of carbonyl (C=O) groups is 2. The molecule has 0 spiro atoms. The van der Waals surface area contributed by atoms with Crippen molar-refractivity contribution in [2.24, 2.45) is 0 Å². The minimum atomic E-state index is -0.363. The molecule has 3 N–H and O–H groups in total. The van der Waals surface area contributed by atoms with E-state index in [2.05, 4.69) is 16.0 Å². The molecule has 2 amide bonds. The van der Waals surface area contributed by atoms with Crippen LogP contribution in [0.5, 0.6) is 5.75 Å². The number of thiocarbonyl (C=S) groups is 1. The van der Waals surface area contributed by atoms with Crippen molar-refractivity contribution in [3.8, 4) is 5.75 Å². The number of anilines is 1. The molecular formula is C22H25N3O3S. The van der Waals surface area contributed by atoms with Crippen LogP contribution in [0, 0.1) is 0 Å². The molecular weight excluding hydrogens is 386 g/mol. The first kappa shape index (κ1) is 22.1. The van der Waals surface area contributed by atoms with Gasteiger partial charge in [0.25, 0.3) is 5.91 Å². The quantitative estimate of drug-likeness (QED) is 0.478. The smallest absolute Gasteiger partial charge is 0.251 e. The van der Waals surface area contributed by atoms with Gasteiger partial charge in [-0.05, 0) is 62.0 Å². The second kappa shape index (κ2) is 11.0. The number of rotatable bonds is 7. The molecule has 1 unspecified atom stereocenters. The summed E-state index contributed by atoms with van der Waals surface area (Å²) in [6, 6.07) is 14.4. The van der Waals surface area contributed by atoms with Crippen molar-refractivity contribution in [1.82, 2.24) is 10.6 Å². The first-order valence-corrected chi connectivity index (χ1v) is 9.67. The van der Waals surface area contributed by atoms with Crippen LogP contribution < -0.4 is 20.7 Å². The van der Waals surface area contributed by atoms with Crippen molar-refractivity contribution in [2.75, 3.05) is 12.4 Å². The third-order valence-electron chi connectivity index (χ3n) is 4.18. The Hall–Kier alpha value is -3.19. The molecule has 0 radical (unpaired) electrons. The van der Waals surface area contributed by atoms with E-state index in [0.717, 1.165) is 12.0 Å². The van der Waals surface area contributed by atoms with Crippen LogP contribution in [0.2, 0.25) is 0 Å². The second-order valence-corrected chi connectivity index (χ2v) is 6.79. The summed E-state index contributed by atoms with van der Waals surface area (Å²) < 4.78 is 5.24. The predicted molar refractivity (Wildman–Crippen MR) is 120 cm³/mol. The lowest BCUT2D eigenvalue weighted by Crippen LogP contribution is -2.33. The van der Waals surface area contributed by atoms with Gasteiger partial charge in [-0.25, -0.2) is 0 Å². The van der Waals surface area contributed by atoms with Gasteiger partial charge in [0.1, 0.15) is 5.75 Å². The lowest BCUT2D eigenvalue weighted by molar-refractivity contribution is -0.115. The van der Waals surface area contributed by atoms with E-state index in [1.54, 1.807) is 37.5 Å². The number of methoxy groups -OCH3 is 1. The highest BCUT2D eigenvalue weighted by Crippen LogP contribution is 2.18. The zero-order valence-corrected chi connectivity index (χ0v) is 17.5. The number of hydrogen-bond donors (Lipinski definition) is 3. The molecule has 2 aromatic carbocycles. The van der Waals surface area contributed by atoms with Crippen LogP contribution in [0.4, 0.5) is 5.69 Å². The molecule has 152 valence electrons. The van der Waals surface area contributed by atoms with Crippen molar-refractivity contribution in [3.63, 3.8) is 0 Å². The summed E-state index contributed by atoms with van der Waals surface area (Å²) in [6.45, 7) is 3.97. The molecule has 2 aromatic rings. The molecule has 6 nitrogen and oxygen atoms in total. The van der Waals surface area contributed by atoms with E-state index in [1.807, 2.05) is 38.1 Å². The van der Waals surface area contributed by atoms with E-state index in [9.17, 15) is 9.59 Å². The number of nitrogens with one attached hydrogen (secondary N) is 3. The van der Waals surface area contributed by atoms with Crippen molar-refractivity contribution < 1.29 is 14.3 Å². The zero-order valence-electron chi connectivity index (χ0n) is 16.7. The molecule has 0 aliphatic rings. The molecule has 1 atom stereocenters. The first-order valence-electron chi connectivity index (χ1n) is 9.27. The first-order chi connectivity index (χ1) is 13.9. The fourth-order valence-corrected chi connectivity index (χ4v) is 2.62. The van der Waals surface area contributed by atoms with Gasteiger partial charge in [0.15, 0.2) is 5.11 Å². The Labute approximate surface area is 176 Å². The maximum atomic E-state index is 12.1. The third kappa shape index (κ3) is 7.04. The van der Waals surface area contributed by atoms with E-state index in [4.69, 9.17) is 17.0 Å². The van der Waals surface area contributed by atoms with Gasteiger partial charge in [-0.15, -0.1) is 0 Å². The summed E-state index contributed by atoms with van der Waals surface area (Å²) >= 11 is 5.17. The van der Waals surface area contributed by atoms with Gasteiger partial charge in [0, 0.05) is 28.9 Å². The molecule has 7 heteroatoms. The molecule has 29 heavy (non-hydrogen) atoms. The largest absolute Gasteiger partial charge is 0.496 e. The molecule has 0 bridgehead atoms. The summed E-state index contributed by atoms with van der Waals surface area (Å²) in [6.07, 6.45) is 3.90. The molecule has 0 aromatic heterocycles. The normalized spacial score (nSPS) is 11.6. The molecule has 0 aliphatic heterocycles. The molecule has 0 aliphatic carbocycles. The number of hydrogen-bond acceptors (Lipinski definition) is 4. The Morgan fingerprint density at radius 1 is 1.14 bits per heavy atom. The molecule has 0 saturated heterocycles. The van der Waals surface area contributed by atoms with Crippen LogP contribution in [0.1, 0.15) is 36.2 Å². The number of amides is 2. The topological polar surface area (TPSA) is 79.5 Å². The number of para-hydroxylation sites is 1. The SMILES string of the molecule is CCC(C)NC(=O)c1ccc(NC(=S)NC(=O)/C=C/c2ccccc2OC)cc1. The van der Waals surface area contributed by atoms with Crippen molar-refractivity contribution >= 4 is 40.9 Å². The Balaban J connectivity index is 1.89. The van der Waals surface area contributed by atoms with Crippen LogP contribution in [0.25, 0.3) is 6.08 Å². The van der Waals surface area contributed by atoms with Crippen LogP contribution in [0.3, 0.4) is 0 Å². The zero-order chi connectivity index (χ0) is 21.2. The van der Waals surface area contributed by atoms with E-state index >= 15 is 0 Å². The van der Waals surface area contributed by atoms with Crippen LogP contribution in [-0.4, -0.2) is 30.1 Å². The highest BCUT2D eigenvalue weighted by Gasteiger charge is 2.09. The molecule has 0 heterocycles. The van der Waals surface area contributed by atoms with E-state index in [1.165, 1.54) is 6.08 Å². The highest BCUT2D eigenvalue weighted by molar-refractivity contribution is 7.80. The van der Waals surface area contributed by atoms with Crippen molar-refractivity contribution in [2.45, 2.75) is 26.3 Å². The Bertz CT molecular complexity index is 894. The fourth-order valence-electron chi connectivity index (χ4n) is 2.40. The van der Waals surface area contributed by atoms with E-state index in [0.29, 0.717) is 17.0 Å². The van der Waals surface area contributed by atoms with Gasteiger partial charge in [0.2, 0.25) is 5.91 Å². The maximum absolute atomic E-state index is 12.1. The van der Waals surface area contributed by atoms with E-state index in [-0.39, 0.29) is 23.0 Å². The minimum Gasteiger partial charge on any atom is -0.496 e. The molecule has 0 fully saturated rings. The summed E-state index contributed by atoms with van der Waals surface area (Å²) in [5, 5.41) is 8.58. The Kier molecular flexibility index (Phi) is 8.36. The maximum Gasteiger partial charge on any atom is 0.251 e. The summed E-state index contributed by atoms with van der Waals surface area (Å²) in [4.78, 5) is 24.2. The second-order valence-electron chi connectivity index (χ2n) is 6.38. The van der Waals surface area contributed by atoms with Crippen molar-refractivity contribution in [3.05, 3.63) is 65.7 Å². The minimum absolute atomic E-state index is 0.118. The van der Waals surface area contributed by atoms with Gasteiger partial charge < -0.3 is 15.4 Å². The van der Waals surface area contributed by atoms with Gasteiger partial charge in [0.05, 0.1) is 7.11 Å². The van der Waals surface area contributed by atoms with Crippen LogP contribution in [-0.2, 0) is 4.79 Å². The molecule has 0 saturated carbocycles. The number of benzene rings is 2. The fraction of sp³-hybridized carbons (Fsp3) is 0.227. The Morgan fingerprint density at radius 3 is 2.48 bits per heavy atom. The van der Waals surface area contributed by atoms with Crippen LogP contribution >= 0.6 is 12.2 Å². The predicted octanol–water partition coefficient (Wildman–Crippen LogP) is 3.75. The van der Waals surface area contributed by atoms with Crippen LogP contribution in [0.15, 0.2) is 54.6 Å². The van der Waals surface area contributed by atoms with Gasteiger partial charge in [-0.1, -0.05) is 25.1 Å². The number of carbonyl (C=O) groups excluding carboxylic acids is 2. The monoisotopic (exact) mass is 411 g/mol. The Morgan fingerprint density at radius 2 is 1.83 bits per heavy atom. The standard InChI is InChI=1S/C22H25N3O3S/c1-4-15(2)23-21(27)17-9-12-18(13-10-17)24-22(29)25-20(26)14-11-16-7-5-6-8-19(16)28-3/h5-15H,4H2,1-3H3,(H,23,27)(H2,24,25,26,29)/b14-11+. The highest BCUT2D eigenvalue weighted by atomic mass is 32.1. The molecule has 2 rings (SSSR count). The third-order valence-corrected chi connectivity index (χ3v) is 4.39. The number of ether oxygens (including phenoxy) is 1. The van der Waals surface area contributed by atoms with Gasteiger partial charge in [-0.3, -0.25) is 14.9 Å². The van der Waals surface area contributed by atoms with E-state index < -0.39 is 0 Å². The summed E-state index contributed by atoms with van der Waals surface area (Å²) in [7, 11) is 1.57. The summed E-state index contributed by atoms with van der Waals surface area (Å²) in [5.74, 6) is 0.191. The van der Waals surface area contributed by atoms with Crippen molar-refractivity contribution in [1.29, 1.82) is 0 Å². The summed E-state index contributed by atoms with van der Waals surface area (Å²) in [5.41, 5.74) is 2.02. The average molecular weight is 412 g/mol. The van der Waals surface area contributed by atoms with Gasteiger partial charge in [-0.2, -0.15) is 0 Å². The lowest BCUT2D eigenvalue weighted by Gasteiger charge is -2.12. The lowest BCUT2D eigenvalue weighted by atomic mass is 10.1. The average Bonchev–Trinajstić information content (AvgIpc) is 2.72. The van der Waals surface area contributed by atoms with Gasteiger partial charge >= 0.3 is 0 Å².